The molecule has 0 bridgehead atoms. The molecule has 0 spiro atoms. The van der Waals surface area contributed by atoms with Gasteiger partial charge in [0.05, 0.1) is 23.4 Å². The number of aliphatic imine (C=N–C) groups is 1. The van der Waals surface area contributed by atoms with Crippen molar-refractivity contribution in [2.45, 2.75) is 27.4 Å². The van der Waals surface area contributed by atoms with Crippen molar-refractivity contribution in [1.29, 1.82) is 0 Å². The smallest absolute Gasteiger partial charge is 0.271 e. The molecule has 39 heavy (non-hydrogen) atoms. The second-order valence-corrected chi connectivity index (χ2v) is 10.4. The molecular formula is C33H30N2O3S. The highest BCUT2D eigenvalue weighted by atomic mass is 32.2. The van der Waals surface area contributed by atoms with Crippen LogP contribution in [0, 0.1) is 20.8 Å². The van der Waals surface area contributed by atoms with Crippen molar-refractivity contribution in [3.05, 3.63) is 124 Å². The van der Waals surface area contributed by atoms with Crippen molar-refractivity contribution >= 4 is 40.3 Å². The van der Waals surface area contributed by atoms with Gasteiger partial charge in [-0.05, 0) is 97.3 Å². The average molecular weight is 535 g/mol. The van der Waals surface area contributed by atoms with Gasteiger partial charge in [-0.25, -0.2) is 4.99 Å². The van der Waals surface area contributed by atoms with Crippen molar-refractivity contribution < 1.29 is 14.3 Å². The molecule has 1 saturated heterocycles. The standard InChI is InChI=1S/C33H30N2O3S/c1-22-17-23(2)28(24(3)18-22)21-38-29-16-15-25(19-30(29)37-4)20-31-32(36)35(27-13-9-6-10-14-27)33(39-31)34-26-11-7-5-8-12-26/h5-20H,21H2,1-4H3/b31-20-,34-33?. The van der Waals surface area contributed by atoms with E-state index in [0.29, 0.717) is 28.2 Å². The van der Waals surface area contributed by atoms with E-state index >= 15 is 0 Å². The van der Waals surface area contributed by atoms with Crippen LogP contribution in [0.25, 0.3) is 6.08 Å². The zero-order valence-corrected chi connectivity index (χ0v) is 23.3. The highest BCUT2D eigenvalue weighted by molar-refractivity contribution is 8.19. The Morgan fingerprint density at radius 1 is 0.846 bits per heavy atom. The maximum Gasteiger partial charge on any atom is 0.271 e. The van der Waals surface area contributed by atoms with Crippen molar-refractivity contribution in [3.63, 3.8) is 0 Å². The monoisotopic (exact) mass is 534 g/mol. The number of methoxy groups -OCH3 is 1. The lowest BCUT2D eigenvalue weighted by Crippen LogP contribution is -2.28. The predicted molar refractivity (Wildman–Crippen MR) is 161 cm³/mol. The summed E-state index contributed by atoms with van der Waals surface area (Å²) in [6.07, 6.45) is 1.87. The highest BCUT2D eigenvalue weighted by Gasteiger charge is 2.34. The predicted octanol–water partition coefficient (Wildman–Crippen LogP) is 8.01. The van der Waals surface area contributed by atoms with Gasteiger partial charge >= 0.3 is 0 Å². The minimum absolute atomic E-state index is 0.120. The number of carbonyl (C=O) groups excluding carboxylic acids is 1. The molecule has 4 aromatic carbocycles. The zero-order valence-electron chi connectivity index (χ0n) is 22.5. The summed E-state index contributed by atoms with van der Waals surface area (Å²) in [5.74, 6) is 1.15. The number of aryl methyl sites for hydroxylation is 3. The molecule has 5 nitrogen and oxygen atoms in total. The van der Waals surface area contributed by atoms with E-state index in [1.165, 1.54) is 34.0 Å². The molecule has 6 heteroatoms. The molecule has 1 fully saturated rings. The summed E-state index contributed by atoms with van der Waals surface area (Å²) in [7, 11) is 1.62. The van der Waals surface area contributed by atoms with Crippen LogP contribution in [0.15, 0.2) is 101 Å². The van der Waals surface area contributed by atoms with E-state index < -0.39 is 0 Å². The van der Waals surface area contributed by atoms with Gasteiger partial charge in [0.1, 0.15) is 6.61 Å². The topological polar surface area (TPSA) is 51.1 Å². The first-order valence-corrected chi connectivity index (χ1v) is 13.5. The van der Waals surface area contributed by atoms with E-state index in [0.717, 1.165) is 16.9 Å². The number of nitrogens with zero attached hydrogens (tertiary/aromatic N) is 2. The van der Waals surface area contributed by atoms with Crippen LogP contribution < -0.4 is 14.4 Å². The van der Waals surface area contributed by atoms with E-state index in [1.807, 2.05) is 84.9 Å². The molecule has 1 amide bonds. The normalized spacial score (nSPS) is 15.3. The number of para-hydroxylation sites is 2. The second-order valence-electron chi connectivity index (χ2n) is 9.39. The third kappa shape index (κ3) is 5.91. The molecule has 0 aliphatic carbocycles. The summed E-state index contributed by atoms with van der Waals surface area (Å²) in [6.45, 7) is 6.77. The minimum atomic E-state index is -0.120. The third-order valence-corrected chi connectivity index (χ3v) is 7.47. The van der Waals surface area contributed by atoms with Gasteiger partial charge in [-0.2, -0.15) is 0 Å². The van der Waals surface area contributed by atoms with Gasteiger partial charge in [0.15, 0.2) is 16.7 Å². The summed E-state index contributed by atoms with van der Waals surface area (Å²) in [4.78, 5) is 20.6. The van der Waals surface area contributed by atoms with Crippen LogP contribution in [0.5, 0.6) is 11.5 Å². The molecule has 1 aliphatic heterocycles. The van der Waals surface area contributed by atoms with Gasteiger partial charge in [-0.1, -0.05) is 60.2 Å². The number of carbonyl (C=O) groups is 1. The quantitative estimate of drug-likeness (QED) is 0.225. The van der Waals surface area contributed by atoms with Crippen LogP contribution in [0.4, 0.5) is 11.4 Å². The fraction of sp³-hybridized carbons (Fsp3) is 0.152. The molecule has 5 rings (SSSR count). The number of amides is 1. The van der Waals surface area contributed by atoms with E-state index in [4.69, 9.17) is 14.5 Å². The fourth-order valence-corrected chi connectivity index (χ4v) is 5.60. The van der Waals surface area contributed by atoms with Gasteiger partial charge in [0, 0.05) is 0 Å². The molecule has 196 valence electrons. The Kier molecular flexibility index (Phi) is 7.84. The summed E-state index contributed by atoms with van der Waals surface area (Å²) < 4.78 is 11.8. The second kappa shape index (κ2) is 11.6. The molecule has 1 heterocycles. The Morgan fingerprint density at radius 2 is 1.51 bits per heavy atom. The number of anilines is 1. The van der Waals surface area contributed by atoms with Crippen molar-refractivity contribution in [1.82, 2.24) is 0 Å². The summed E-state index contributed by atoms with van der Waals surface area (Å²) in [5.41, 5.74) is 7.24. The number of thioether (sulfide) groups is 1. The zero-order chi connectivity index (χ0) is 27.4. The van der Waals surface area contributed by atoms with Gasteiger partial charge in [-0.15, -0.1) is 0 Å². The van der Waals surface area contributed by atoms with Crippen LogP contribution in [0.2, 0.25) is 0 Å². The van der Waals surface area contributed by atoms with Crippen molar-refractivity contribution in [2.24, 2.45) is 4.99 Å². The summed E-state index contributed by atoms with van der Waals surface area (Å²) >= 11 is 1.36. The first-order valence-electron chi connectivity index (χ1n) is 12.7. The van der Waals surface area contributed by atoms with Crippen LogP contribution in [0.1, 0.15) is 27.8 Å². The Hall–Kier alpha value is -4.29. The molecule has 0 unspecified atom stereocenters. The number of amidine groups is 1. The number of hydrogen-bond donors (Lipinski definition) is 0. The van der Waals surface area contributed by atoms with Crippen LogP contribution in [-0.2, 0) is 11.4 Å². The van der Waals surface area contributed by atoms with Gasteiger partial charge < -0.3 is 9.47 Å². The lowest BCUT2D eigenvalue weighted by Gasteiger charge is -2.15. The van der Waals surface area contributed by atoms with Crippen molar-refractivity contribution in [3.8, 4) is 11.5 Å². The Morgan fingerprint density at radius 3 is 2.18 bits per heavy atom. The lowest BCUT2D eigenvalue weighted by molar-refractivity contribution is -0.113. The molecule has 0 N–H and O–H groups in total. The highest BCUT2D eigenvalue weighted by Crippen LogP contribution is 2.38. The van der Waals surface area contributed by atoms with E-state index in [1.54, 1.807) is 12.0 Å². The van der Waals surface area contributed by atoms with Gasteiger partial charge in [0.25, 0.3) is 5.91 Å². The van der Waals surface area contributed by atoms with E-state index in [2.05, 4.69) is 32.9 Å². The molecule has 0 aromatic heterocycles. The number of ether oxygens (including phenoxy) is 2. The average Bonchev–Trinajstić information content (AvgIpc) is 3.23. The number of rotatable bonds is 7. The van der Waals surface area contributed by atoms with E-state index in [-0.39, 0.29) is 5.91 Å². The largest absolute Gasteiger partial charge is 0.493 e. The third-order valence-electron chi connectivity index (χ3n) is 6.50. The van der Waals surface area contributed by atoms with Gasteiger partial charge in [-0.3, -0.25) is 9.69 Å². The van der Waals surface area contributed by atoms with E-state index in [9.17, 15) is 4.79 Å². The summed E-state index contributed by atoms with van der Waals surface area (Å²) in [6, 6.07) is 29.3. The molecule has 4 aromatic rings. The first kappa shape index (κ1) is 26.3. The maximum absolute atomic E-state index is 13.6. The minimum Gasteiger partial charge on any atom is -0.493 e. The van der Waals surface area contributed by atoms with Crippen LogP contribution in [0.3, 0.4) is 0 Å². The fourth-order valence-electron chi connectivity index (χ4n) is 4.60. The first-order chi connectivity index (χ1) is 18.9. The SMILES string of the molecule is COc1cc(/C=C2\SC(=Nc3ccccc3)N(c3ccccc3)C2=O)ccc1OCc1c(C)cc(C)cc1C. The lowest BCUT2D eigenvalue weighted by atomic mass is 10.0. The Bertz CT molecular complexity index is 1540. The molecular weight excluding hydrogens is 504 g/mol. The Labute approximate surface area is 233 Å². The molecule has 1 aliphatic rings. The molecule has 0 saturated carbocycles. The van der Waals surface area contributed by atoms with Gasteiger partial charge in [0.2, 0.25) is 0 Å². The van der Waals surface area contributed by atoms with Crippen LogP contribution >= 0.6 is 11.8 Å². The summed E-state index contributed by atoms with van der Waals surface area (Å²) in [5, 5.41) is 0.611. The number of benzene rings is 4. The van der Waals surface area contributed by atoms with Crippen molar-refractivity contribution in [2.75, 3.05) is 12.0 Å². The Balaban J connectivity index is 1.42. The molecule has 0 atom stereocenters. The van der Waals surface area contributed by atoms with Crippen LogP contribution in [-0.4, -0.2) is 18.2 Å². The molecule has 0 radical (unpaired) electrons. The number of hydrogen-bond acceptors (Lipinski definition) is 5. The maximum atomic E-state index is 13.6.